The minimum atomic E-state index is -0.677. The molecule has 0 aliphatic rings. The molecule has 3 rings (SSSR count). The number of aryl methyl sites for hydroxylation is 1. The molecule has 0 aliphatic carbocycles. The molecule has 0 atom stereocenters. The Labute approximate surface area is 116 Å². The van der Waals surface area contributed by atoms with Crippen LogP contribution in [0.2, 0.25) is 0 Å². The number of hydrogen-bond donors (Lipinski definition) is 1. The molecule has 2 N–H and O–H groups in total. The fourth-order valence-electron chi connectivity index (χ4n) is 1.77. The van der Waals surface area contributed by atoms with Crippen LogP contribution in [0.1, 0.15) is 4.88 Å². The molecule has 0 bridgehead atoms. The summed E-state index contributed by atoms with van der Waals surface area (Å²) in [7, 11) is 0. The lowest BCUT2D eigenvalue weighted by Gasteiger charge is -2.07. The highest BCUT2D eigenvalue weighted by Gasteiger charge is 2.14. The van der Waals surface area contributed by atoms with E-state index in [2.05, 4.69) is 9.97 Å². The van der Waals surface area contributed by atoms with E-state index in [1.54, 1.807) is 0 Å². The molecule has 3 aromatic rings. The summed E-state index contributed by atoms with van der Waals surface area (Å²) in [6.07, 6.45) is 0. The van der Waals surface area contributed by atoms with Crippen LogP contribution in [0.4, 0.5) is 14.7 Å². The van der Waals surface area contributed by atoms with Gasteiger partial charge in [0.25, 0.3) is 0 Å². The maximum absolute atomic E-state index is 13.6. The molecule has 0 amide bonds. The van der Waals surface area contributed by atoms with E-state index in [1.165, 1.54) is 11.3 Å². The standard InChI is InChI=1S/C13H9F2N3OS/c1-6-4-8-11(17-13(16)18-12(8)20-6)19-10-5-7(14)2-3-9(10)15/h2-5H,1H3,(H2,16,17,18). The molecule has 0 aliphatic heterocycles. The van der Waals surface area contributed by atoms with Gasteiger partial charge < -0.3 is 10.5 Å². The van der Waals surface area contributed by atoms with Crippen molar-refractivity contribution in [3.05, 3.63) is 40.8 Å². The molecule has 102 valence electrons. The lowest BCUT2D eigenvalue weighted by Crippen LogP contribution is -1.98. The molecule has 4 nitrogen and oxygen atoms in total. The first-order chi connectivity index (χ1) is 9.52. The largest absolute Gasteiger partial charge is 0.435 e. The Morgan fingerprint density at radius 2 is 2.00 bits per heavy atom. The highest BCUT2D eigenvalue weighted by atomic mass is 32.1. The summed E-state index contributed by atoms with van der Waals surface area (Å²) in [5.41, 5.74) is 5.59. The van der Waals surface area contributed by atoms with Crippen LogP contribution in [0.25, 0.3) is 10.2 Å². The maximum Gasteiger partial charge on any atom is 0.233 e. The van der Waals surface area contributed by atoms with E-state index in [1.807, 2.05) is 13.0 Å². The van der Waals surface area contributed by atoms with Gasteiger partial charge in [-0.3, -0.25) is 0 Å². The quantitative estimate of drug-likeness (QED) is 0.783. The Kier molecular flexibility index (Phi) is 2.98. The summed E-state index contributed by atoms with van der Waals surface area (Å²) < 4.78 is 32.1. The number of benzene rings is 1. The number of aromatic nitrogens is 2. The summed E-state index contributed by atoms with van der Waals surface area (Å²) in [5, 5.41) is 0.616. The fourth-order valence-corrected chi connectivity index (χ4v) is 2.65. The van der Waals surface area contributed by atoms with Gasteiger partial charge in [-0.2, -0.15) is 4.98 Å². The van der Waals surface area contributed by atoms with Crippen molar-refractivity contribution in [2.24, 2.45) is 0 Å². The van der Waals surface area contributed by atoms with Gasteiger partial charge in [0.1, 0.15) is 10.6 Å². The Hall–Kier alpha value is -2.28. The minimum absolute atomic E-state index is 0.0196. The second kappa shape index (κ2) is 4.68. The van der Waals surface area contributed by atoms with E-state index in [4.69, 9.17) is 10.5 Å². The molecule has 20 heavy (non-hydrogen) atoms. The number of nitrogens with two attached hydrogens (primary N) is 1. The number of fused-ring (bicyclic) bond motifs is 1. The molecule has 7 heteroatoms. The van der Waals surface area contributed by atoms with E-state index < -0.39 is 11.6 Å². The Bertz CT molecular complexity index is 804. The number of thiophene rings is 1. The molecule has 0 saturated carbocycles. The van der Waals surface area contributed by atoms with Crippen LogP contribution in [0.3, 0.4) is 0 Å². The highest BCUT2D eigenvalue weighted by molar-refractivity contribution is 7.18. The third-order valence-electron chi connectivity index (χ3n) is 2.60. The predicted octanol–water partition coefficient (Wildman–Crippen LogP) is 3.65. The molecule has 1 aromatic carbocycles. The molecule has 2 heterocycles. The topological polar surface area (TPSA) is 61.0 Å². The van der Waals surface area contributed by atoms with Crippen molar-refractivity contribution in [3.63, 3.8) is 0 Å². The average Bonchev–Trinajstić information content (AvgIpc) is 2.74. The van der Waals surface area contributed by atoms with Crippen molar-refractivity contribution in [1.82, 2.24) is 9.97 Å². The third-order valence-corrected chi connectivity index (χ3v) is 3.54. The van der Waals surface area contributed by atoms with Crippen molar-refractivity contribution in [2.75, 3.05) is 5.73 Å². The van der Waals surface area contributed by atoms with E-state index in [0.29, 0.717) is 10.2 Å². The molecule has 0 unspecified atom stereocenters. The van der Waals surface area contributed by atoms with E-state index in [9.17, 15) is 8.78 Å². The average molecular weight is 293 g/mol. The molecule has 0 fully saturated rings. The van der Waals surface area contributed by atoms with Crippen LogP contribution in [0.15, 0.2) is 24.3 Å². The van der Waals surface area contributed by atoms with Crippen molar-refractivity contribution < 1.29 is 13.5 Å². The molecular weight excluding hydrogens is 284 g/mol. The first-order valence-electron chi connectivity index (χ1n) is 5.69. The van der Waals surface area contributed by atoms with E-state index in [-0.39, 0.29) is 17.6 Å². The van der Waals surface area contributed by atoms with Crippen molar-refractivity contribution >= 4 is 27.5 Å². The number of nitrogens with zero attached hydrogens (tertiary/aromatic N) is 2. The van der Waals surface area contributed by atoms with Gasteiger partial charge in [-0.25, -0.2) is 13.8 Å². The zero-order valence-electron chi connectivity index (χ0n) is 10.4. The predicted molar refractivity (Wildman–Crippen MR) is 73.0 cm³/mol. The van der Waals surface area contributed by atoms with Crippen LogP contribution in [0, 0.1) is 18.6 Å². The van der Waals surface area contributed by atoms with Gasteiger partial charge in [0.2, 0.25) is 11.8 Å². The van der Waals surface area contributed by atoms with Gasteiger partial charge in [0.05, 0.1) is 5.39 Å². The number of nitrogen functional groups attached to an aromatic ring is 1. The minimum Gasteiger partial charge on any atom is -0.435 e. The van der Waals surface area contributed by atoms with Crippen LogP contribution in [-0.2, 0) is 0 Å². The number of ether oxygens (including phenoxy) is 1. The monoisotopic (exact) mass is 293 g/mol. The molecule has 0 spiro atoms. The van der Waals surface area contributed by atoms with Crippen molar-refractivity contribution in [3.8, 4) is 11.6 Å². The highest BCUT2D eigenvalue weighted by Crippen LogP contribution is 2.34. The summed E-state index contributed by atoms with van der Waals surface area (Å²) in [4.78, 5) is 9.65. The lowest BCUT2D eigenvalue weighted by molar-refractivity contribution is 0.427. The molecule has 0 saturated heterocycles. The van der Waals surface area contributed by atoms with Gasteiger partial charge >= 0.3 is 0 Å². The molecule has 2 aromatic heterocycles. The van der Waals surface area contributed by atoms with Gasteiger partial charge in [-0.05, 0) is 25.1 Å². The number of anilines is 1. The zero-order valence-corrected chi connectivity index (χ0v) is 11.2. The number of halogens is 2. The van der Waals surface area contributed by atoms with Crippen LogP contribution < -0.4 is 10.5 Å². The first kappa shape index (κ1) is 12.7. The van der Waals surface area contributed by atoms with Crippen LogP contribution >= 0.6 is 11.3 Å². The smallest absolute Gasteiger partial charge is 0.233 e. The van der Waals surface area contributed by atoms with E-state index in [0.717, 1.165) is 23.1 Å². The van der Waals surface area contributed by atoms with Gasteiger partial charge in [-0.1, -0.05) is 0 Å². The maximum atomic E-state index is 13.6. The lowest BCUT2D eigenvalue weighted by atomic mass is 10.3. The molecular formula is C13H9F2N3OS. The summed E-state index contributed by atoms with van der Waals surface area (Å²) >= 11 is 1.42. The fraction of sp³-hybridized carbons (Fsp3) is 0.0769. The molecule has 0 radical (unpaired) electrons. The van der Waals surface area contributed by atoms with Crippen LogP contribution in [0.5, 0.6) is 11.6 Å². The Morgan fingerprint density at radius 3 is 2.80 bits per heavy atom. The summed E-state index contributed by atoms with van der Waals surface area (Å²) in [6.45, 7) is 1.90. The Morgan fingerprint density at radius 1 is 1.20 bits per heavy atom. The normalized spacial score (nSPS) is 10.9. The SMILES string of the molecule is Cc1cc2c(Oc3cc(F)ccc3F)nc(N)nc2s1. The van der Waals surface area contributed by atoms with Gasteiger partial charge in [0, 0.05) is 10.9 Å². The second-order valence-corrected chi connectivity index (χ2v) is 5.37. The van der Waals surface area contributed by atoms with Gasteiger partial charge in [-0.15, -0.1) is 11.3 Å². The third kappa shape index (κ3) is 2.27. The van der Waals surface area contributed by atoms with Crippen LogP contribution in [-0.4, -0.2) is 9.97 Å². The van der Waals surface area contributed by atoms with E-state index >= 15 is 0 Å². The zero-order chi connectivity index (χ0) is 14.3. The first-order valence-corrected chi connectivity index (χ1v) is 6.51. The van der Waals surface area contributed by atoms with Crippen molar-refractivity contribution in [2.45, 2.75) is 6.92 Å². The number of hydrogen-bond acceptors (Lipinski definition) is 5. The van der Waals surface area contributed by atoms with Crippen molar-refractivity contribution in [1.29, 1.82) is 0 Å². The van der Waals surface area contributed by atoms with Gasteiger partial charge in [0.15, 0.2) is 11.6 Å². The summed E-state index contributed by atoms with van der Waals surface area (Å²) in [5.74, 6) is -1.38. The second-order valence-electron chi connectivity index (χ2n) is 4.14. The number of rotatable bonds is 2. The summed E-state index contributed by atoms with van der Waals surface area (Å²) in [6, 6.07) is 4.77. The Balaban J connectivity index is 2.12.